The molecule has 0 aromatic heterocycles. The van der Waals surface area contributed by atoms with Crippen molar-refractivity contribution in [1.82, 2.24) is 10.2 Å². The van der Waals surface area contributed by atoms with E-state index in [9.17, 15) is 9.90 Å². The maximum absolute atomic E-state index is 11.1. The number of para-hydroxylation sites is 2. The molecule has 1 aromatic rings. The van der Waals surface area contributed by atoms with Crippen LogP contribution >= 0.6 is 0 Å². The normalized spacial score (nSPS) is 15.5. The monoisotopic (exact) mass is 320 g/mol. The van der Waals surface area contributed by atoms with Gasteiger partial charge in [0.05, 0.1) is 19.2 Å². The summed E-state index contributed by atoms with van der Waals surface area (Å²) < 4.78 is 4.62. The lowest BCUT2D eigenvalue weighted by Gasteiger charge is -2.37. The van der Waals surface area contributed by atoms with Gasteiger partial charge >= 0.3 is 5.97 Å². The molecule has 7 nitrogen and oxygen atoms in total. The summed E-state index contributed by atoms with van der Waals surface area (Å²) in [5.41, 5.74) is 0.862. The second-order valence-electron chi connectivity index (χ2n) is 5.26. The number of phenols is 1. The van der Waals surface area contributed by atoms with E-state index in [1.807, 2.05) is 18.2 Å². The predicted molar refractivity (Wildman–Crippen MR) is 89.9 cm³/mol. The van der Waals surface area contributed by atoms with E-state index in [4.69, 9.17) is 0 Å². The van der Waals surface area contributed by atoms with Crippen LogP contribution in [0.4, 0.5) is 5.69 Å². The van der Waals surface area contributed by atoms with Crippen LogP contribution in [0, 0.1) is 0 Å². The summed E-state index contributed by atoms with van der Waals surface area (Å²) in [6.07, 6.45) is 0.313. The molecule has 23 heavy (non-hydrogen) atoms. The van der Waals surface area contributed by atoms with Crippen molar-refractivity contribution >= 4 is 17.6 Å². The molecule has 0 aliphatic carbocycles. The number of hydrogen-bond acceptors (Lipinski definition) is 5. The molecule has 0 saturated carbocycles. The first kappa shape index (κ1) is 16.9. The van der Waals surface area contributed by atoms with Gasteiger partial charge in [-0.05, 0) is 12.1 Å². The Balaban J connectivity index is 1.85. The number of ether oxygens (including phenoxy) is 1. The molecular weight excluding hydrogens is 296 g/mol. The van der Waals surface area contributed by atoms with Crippen LogP contribution in [0.1, 0.15) is 6.42 Å². The van der Waals surface area contributed by atoms with Crippen LogP contribution < -0.4 is 10.2 Å². The number of piperazine rings is 1. The van der Waals surface area contributed by atoms with Crippen LogP contribution in [0.3, 0.4) is 0 Å². The van der Waals surface area contributed by atoms with Crippen LogP contribution in [0.2, 0.25) is 0 Å². The average molecular weight is 320 g/mol. The minimum absolute atomic E-state index is 0.239. The Bertz CT molecular complexity index is 554. The Morgan fingerprint density at radius 3 is 2.61 bits per heavy atom. The number of methoxy groups -OCH3 is 1. The standard InChI is InChI=1S/C16H24N4O3/c1-17-16(18-8-7-15(22)23-2)20-11-9-19(10-12-20)13-5-3-4-6-14(13)21/h3-6,21H,7-12H2,1-2H3,(H,17,18). The van der Waals surface area contributed by atoms with E-state index in [0.29, 0.717) is 18.7 Å². The van der Waals surface area contributed by atoms with Crippen LogP contribution in [0.25, 0.3) is 0 Å². The van der Waals surface area contributed by atoms with E-state index in [2.05, 4.69) is 24.8 Å². The minimum atomic E-state index is -0.239. The molecule has 1 heterocycles. The number of anilines is 1. The van der Waals surface area contributed by atoms with Gasteiger partial charge in [-0.15, -0.1) is 0 Å². The maximum Gasteiger partial charge on any atom is 0.307 e. The third kappa shape index (κ3) is 4.51. The van der Waals surface area contributed by atoms with Gasteiger partial charge in [0, 0.05) is 39.8 Å². The first-order chi connectivity index (χ1) is 11.2. The fourth-order valence-corrected chi connectivity index (χ4v) is 2.60. The molecule has 0 atom stereocenters. The van der Waals surface area contributed by atoms with Crippen LogP contribution in [0.5, 0.6) is 5.75 Å². The Morgan fingerprint density at radius 2 is 2.00 bits per heavy atom. The number of benzene rings is 1. The third-order valence-corrected chi connectivity index (χ3v) is 3.85. The van der Waals surface area contributed by atoms with Crippen molar-refractivity contribution < 1.29 is 14.6 Å². The van der Waals surface area contributed by atoms with Crippen molar-refractivity contribution in [2.24, 2.45) is 4.99 Å². The van der Waals surface area contributed by atoms with Crippen molar-refractivity contribution in [3.63, 3.8) is 0 Å². The molecule has 2 N–H and O–H groups in total. The van der Waals surface area contributed by atoms with E-state index in [-0.39, 0.29) is 5.97 Å². The van der Waals surface area contributed by atoms with Gasteiger partial charge in [0.25, 0.3) is 0 Å². The van der Waals surface area contributed by atoms with Crippen molar-refractivity contribution in [3.05, 3.63) is 24.3 Å². The van der Waals surface area contributed by atoms with Crippen molar-refractivity contribution in [3.8, 4) is 5.75 Å². The molecule has 0 amide bonds. The van der Waals surface area contributed by atoms with Gasteiger partial charge in [-0.2, -0.15) is 0 Å². The lowest BCUT2D eigenvalue weighted by atomic mass is 10.2. The highest BCUT2D eigenvalue weighted by Crippen LogP contribution is 2.27. The van der Waals surface area contributed by atoms with E-state index < -0.39 is 0 Å². The molecule has 1 saturated heterocycles. The summed E-state index contributed by atoms with van der Waals surface area (Å²) in [6, 6.07) is 7.38. The lowest BCUT2D eigenvalue weighted by Crippen LogP contribution is -2.52. The summed E-state index contributed by atoms with van der Waals surface area (Å²) in [4.78, 5) is 19.7. The van der Waals surface area contributed by atoms with Gasteiger partial charge in [-0.1, -0.05) is 12.1 Å². The number of aromatic hydroxyl groups is 1. The molecule has 7 heteroatoms. The summed E-state index contributed by atoms with van der Waals surface area (Å²) in [7, 11) is 3.12. The Morgan fingerprint density at radius 1 is 1.30 bits per heavy atom. The quantitative estimate of drug-likeness (QED) is 0.482. The molecule has 2 rings (SSSR count). The number of nitrogens with one attached hydrogen (secondary N) is 1. The minimum Gasteiger partial charge on any atom is -0.506 e. The van der Waals surface area contributed by atoms with Crippen molar-refractivity contribution in [1.29, 1.82) is 0 Å². The number of guanidine groups is 1. The number of carbonyl (C=O) groups excluding carboxylic acids is 1. The summed E-state index contributed by atoms with van der Waals surface area (Å²) in [6.45, 7) is 3.70. The highest BCUT2D eigenvalue weighted by Gasteiger charge is 2.21. The molecule has 126 valence electrons. The maximum atomic E-state index is 11.1. The summed E-state index contributed by atoms with van der Waals surface area (Å²) in [5.74, 6) is 0.852. The highest BCUT2D eigenvalue weighted by molar-refractivity contribution is 5.81. The van der Waals surface area contributed by atoms with Gasteiger partial charge in [-0.25, -0.2) is 0 Å². The van der Waals surface area contributed by atoms with E-state index in [1.54, 1.807) is 13.1 Å². The van der Waals surface area contributed by atoms with Crippen molar-refractivity contribution in [2.75, 3.05) is 51.8 Å². The Kier molecular flexibility index (Phi) is 6.08. The fourth-order valence-electron chi connectivity index (χ4n) is 2.60. The molecule has 1 aliphatic heterocycles. The molecular formula is C16H24N4O3. The smallest absolute Gasteiger partial charge is 0.307 e. The predicted octanol–water partition coefficient (Wildman–Crippen LogP) is 0.653. The SMILES string of the molecule is CN=C(NCCC(=O)OC)N1CCN(c2ccccc2O)CC1. The lowest BCUT2D eigenvalue weighted by molar-refractivity contribution is -0.140. The topological polar surface area (TPSA) is 77.4 Å². The number of phenolic OH excluding ortho intramolecular Hbond substituents is 1. The number of nitrogens with zero attached hydrogens (tertiary/aromatic N) is 3. The third-order valence-electron chi connectivity index (χ3n) is 3.85. The van der Waals surface area contributed by atoms with Gasteiger partial charge in [0.15, 0.2) is 5.96 Å². The molecule has 1 aliphatic rings. The van der Waals surface area contributed by atoms with Gasteiger partial charge in [-0.3, -0.25) is 9.79 Å². The largest absolute Gasteiger partial charge is 0.506 e. The number of rotatable bonds is 4. The van der Waals surface area contributed by atoms with Crippen LogP contribution in [-0.4, -0.2) is 68.8 Å². The van der Waals surface area contributed by atoms with Crippen molar-refractivity contribution in [2.45, 2.75) is 6.42 Å². The molecule has 0 radical (unpaired) electrons. The fraction of sp³-hybridized carbons (Fsp3) is 0.500. The van der Waals surface area contributed by atoms with Gasteiger partial charge in [0.1, 0.15) is 5.75 Å². The zero-order valence-electron chi connectivity index (χ0n) is 13.7. The van der Waals surface area contributed by atoms with E-state index in [1.165, 1.54) is 7.11 Å². The second-order valence-corrected chi connectivity index (χ2v) is 5.26. The highest BCUT2D eigenvalue weighted by atomic mass is 16.5. The zero-order chi connectivity index (χ0) is 16.7. The molecule has 1 fully saturated rings. The first-order valence-electron chi connectivity index (χ1n) is 7.71. The first-order valence-corrected chi connectivity index (χ1v) is 7.71. The molecule has 0 bridgehead atoms. The summed E-state index contributed by atoms with van der Waals surface area (Å²) >= 11 is 0. The van der Waals surface area contributed by atoms with Gasteiger partial charge < -0.3 is 25.0 Å². The Labute approximate surface area is 136 Å². The van der Waals surface area contributed by atoms with Gasteiger partial charge in [0.2, 0.25) is 0 Å². The average Bonchev–Trinajstić information content (AvgIpc) is 2.59. The zero-order valence-corrected chi connectivity index (χ0v) is 13.7. The Hall–Kier alpha value is -2.44. The van der Waals surface area contributed by atoms with Crippen LogP contribution in [0.15, 0.2) is 29.3 Å². The number of esters is 1. The number of hydrogen-bond donors (Lipinski definition) is 2. The number of aliphatic imine (C=N–C) groups is 1. The van der Waals surface area contributed by atoms with E-state index >= 15 is 0 Å². The van der Waals surface area contributed by atoms with Crippen LogP contribution in [-0.2, 0) is 9.53 Å². The molecule has 0 spiro atoms. The molecule has 1 aromatic carbocycles. The summed E-state index contributed by atoms with van der Waals surface area (Å²) in [5, 5.41) is 13.1. The second kappa shape index (κ2) is 8.26. The molecule has 0 unspecified atom stereocenters. The van der Waals surface area contributed by atoms with E-state index in [0.717, 1.165) is 37.8 Å². The number of carbonyl (C=O) groups is 1.